The van der Waals surface area contributed by atoms with Gasteiger partial charge in [-0.1, -0.05) is 0 Å². The molecule has 0 amide bonds. The van der Waals surface area contributed by atoms with E-state index in [9.17, 15) is 8.78 Å². The summed E-state index contributed by atoms with van der Waals surface area (Å²) in [6.07, 6.45) is 3.33. The first-order chi connectivity index (χ1) is 14.6. The molecule has 5 rings (SSSR count). The summed E-state index contributed by atoms with van der Waals surface area (Å²) in [6, 6.07) is 9.18. The molecule has 0 atom stereocenters. The average molecular weight is 406 g/mol. The molecule has 4 aromatic rings. The number of hydrogen-bond acceptors (Lipinski definition) is 5. The Morgan fingerprint density at radius 1 is 0.967 bits per heavy atom. The van der Waals surface area contributed by atoms with Gasteiger partial charge in [0, 0.05) is 44.6 Å². The number of rotatable bonds is 3. The van der Waals surface area contributed by atoms with E-state index in [4.69, 9.17) is 9.97 Å². The molecule has 1 aromatic carbocycles. The van der Waals surface area contributed by atoms with E-state index in [-0.39, 0.29) is 5.56 Å². The molecule has 0 unspecified atom stereocenters. The molecule has 3 aromatic heterocycles. The number of piperazine rings is 1. The number of hydrogen-bond donors (Lipinski definition) is 1. The fourth-order valence-corrected chi connectivity index (χ4v) is 3.83. The topological polar surface area (TPSA) is 58.9 Å². The Morgan fingerprint density at radius 3 is 2.47 bits per heavy atom. The van der Waals surface area contributed by atoms with Crippen LogP contribution in [0.15, 0.2) is 48.8 Å². The van der Waals surface area contributed by atoms with Crippen LogP contribution in [0, 0.1) is 18.6 Å². The first kappa shape index (κ1) is 18.6. The molecule has 6 nitrogen and oxygen atoms in total. The molecule has 1 saturated heterocycles. The molecule has 1 aliphatic rings. The molecule has 8 heteroatoms. The molecule has 1 N–H and O–H groups in total. The molecule has 4 heterocycles. The van der Waals surface area contributed by atoms with Crippen LogP contribution in [0.5, 0.6) is 0 Å². The monoisotopic (exact) mass is 406 g/mol. The van der Waals surface area contributed by atoms with Gasteiger partial charge in [0.15, 0.2) is 5.65 Å². The smallest absolute Gasteiger partial charge is 0.167 e. The van der Waals surface area contributed by atoms with Crippen LogP contribution in [0.4, 0.5) is 14.6 Å². The van der Waals surface area contributed by atoms with Gasteiger partial charge in [-0.05, 0) is 42.8 Å². The Morgan fingerprint density at radius 2 is 1.73 bits per heavy atom. The number of halogens is 2. The van der Waals surface area contributed by atoms with E-state index < -0.39 is 11.6 Å². The first-order valence-electron chi connectivity index (χ1n) is 9.83. The summed E-state index contributed by atoms with van der Waals surface area (Å²) in [6.45, 7) is 5.49. The van der Waals surface area contributed by atoms with Crippen LogP contribution in [0.1, 0.15) is 5.56 Å². The highest BCUT2D eigenvalue weighted by Crippen LogP contribution is 2.32. The summed E-state index contributed by atoms with van der Waals surface area (Å²) in [5.41, 5.74) is 3.24. The summed E-state index contributed by atoms with van der Waals surface area (Å²) in [5, 5.41) is 3.34. The van der Waals surface area contributed by atoms with Crippen LogP contribution in [0.25, 0.3) is 28.2 Å². The number of fused-ring (bicyclic) bond motifs is 1. The Kier molecular flexibility index (Phi) is 4.63. The van der Waals surface area contributed by atoms with E-state index in [0.717, 1.165) is 49.3 Å². The Labute approximate surface area is 172 Å². The molecule has 1 fully saturated rings. The van der Waals surface area contributed by atoms with E-state index in [2.05, 4.69) is 15.2 Å². The molecular formula is C22H20F2N6. The summed E-state index contributed by atoms with van der Waals surface area (Å²) in [5.74, 6) is -0.0525. The minimum absolute atomic E-state index is 0.217. The van der Waals surface area contributed by atoms with Gasteiger partial charge in [-0.15, -0.1) is 0 Å². The van der Waals surface area contributed by atoms with Gasteiger partial charge in [-0.3, -0.25) is 9.55 Å². The van der Waals surface area contributed by atoms with E-state index in [1.165, 1.54) is 12.1 Å². The highest BCUT2D eigenvalue weighted by Gasteiger charge is 2.22. The molecular weight excluding hydrogens is 386 g/mol. The van der Waals surface area contributed by atoms with Crippen molar-refractivity contribution in [2.45, 2.75) is 6.92 Å². The van der Waals surface area contributed by atoms with Crippen molar-refractivity contribution in [1.82, 2.24) is 24.8 Å². The Bertz CT molecular complexity index is 1220. The maximum absolute atomic E-state index is 14.7. The van der Waals surface area contributed by atoms with Gasteiger partial charge in [-0.25, -0.2) is 18.7 Å². The molecule has 0 aliphatic carbocycles. The molecule has 0 spiro atoms. The largest absolute Gasteiger partial charge is 0.354 e. The predicted molar refractivity (Wildman–Crippen MR) is 112 cm³/mol. The van der Waals surface area contributed by atoms with Crippen LogP contribution in [-0.4, -0.2) is 45.7 Å². The summed E-state index contributed by atoms with van der Waals surface area (Å²) >= 11 is 0. The van der Waals surface area contributed by atoms with Crippen molar-refractivity contribution in [2.75, 3.05) is 31.1 Å². The van der Waals surface area contributed by atoms with E-state index in [1.54, 1.807) is 12.4 Å². The van der Waals surface area contributed by atoms with Gasteiger partial charge in [-0.2, -0.15) is 0 Å². The van der Waals surface area contributed by atoms with E-state index in [1.807, 2.05) is 29.7 Å². The lowest BCUT2D eigenvalue weighted by Crippen LogP contribution is -2.43. The zero-order valence-corrected chi connectivity index (χ0v) is 16.4. The van der Waals surface area contributed by atoms with Gasteiger partial charge in [0.1, 0.15) is 28.8 Å². The minimum atomic E-state index is -0.666. The summed E-state index contributed by atoms with van der Waals surface area (Å²) in [7, 11) is 0. The van der Waals surface area contributed by atoms with Crippen molar-refractivity contribution >= 4 is 17.0 Å². The normalized spacial score (nSPS) is 14.4. The van der Waals surface area contributed by atoms with Gasteiger partial charge in [0.05, 0.1) is 11.3 Å². The first-order valence-corrected chi connectivity index (χ1v) is 9.83. The molecule has 0 radical (unpaired) electrons. The number of nitrogens with one attached hydrogen (secondary N) is 1. The third-order valence-electron chi connectivity index (χ3n) is 5.33. The van der Waals surface area contributed by atoms with Crippen molar-refractivity contribution in [2.24, 2.45) is 0 Å². The van der Waals surface area contributed by atoms with Crippen molar-refractivity contribution in [1.29, 1.82) is 0 Å². The van der Waals surface area contributed by atoms with Gasteiger partial charge in [0.2, 0.25) is 0 Å². The third kappa shape index (κ3) is 3.19. The third-order valence-corrected chi connectivity index (χ3v) is 5.33. The van der Waals surface area contributed by atoms with Crippen LogP contribution >= 0.6 is 0 Å². The summed E-state index contributed by atoms with van der Waals surface area (Å²) in [4.78, 5) is 15.9. The number of benzene rings is 1. The zero-order valence-electron chi connectivity index (χ0n) is 16.4. The second-order valence-corrected chi connectivity index (χ2v) is 7.31. The fraction of sp³-hybridized carbons (Fsp3) is 0.227. The number of imidazole rings is 1. The number of anilines is 1. The van der Waals surface area contributed by atoms with Crippen LogP contribution < -0.4 is 10.2 Å². The second kappa shape index (κ2) is 7.46. The fourth-order valence-electron chi connectivity index (χ4n) is 3.83. The lowest BCUT2D eigenvalue weighted by molar-refractivity contribution is 0.584. The maximum Gasteiger partial charge on any atom is 0.167 e. The highest BCUT2D eigenvalue weighted by molar-refractivity contribution is 5.84. The molecule has 0 saturated carbocycles. The quantitative estimate of drug-likeness (QED) is 0.565. The minimum Gasteiger partial charge on any atom is -0.354 e. The second-order valence-electron chi connectivity index (χ2n) is 7.31. The van der Waals surface area contributed by atoms with Gasteiger partial charge >= 0.3 is 0 Å². The van der Waals surface area contributed by atoms with Crippen molar-refractivity contribution < 1.29 is 8.78 Å². The predicted octanol–water partition coefficient (Wildman–Crippen LogP) is 3.48. The van der Waals surface area contributed by atoms with Crippen LogP contribution in [0.3, 0.4) is 0 Å². The van der Waals surface area contributed by atoms with Crippen LogP contribution in [-0.2, 0) is 0 Å². The highest BCUT2D eigenvalue weighted by atomic mass is 19.1. The zero-order chi connectivity index (χ0) is 20.7. The maximum atomic E-state index is 14.7. The Hall–Kier alpha value is -3.39. The summed E-state index contributed by atoms with van der Waals surface area (Å²) < 4.78 is 30.0. The molecule has 152 valence electrons. The van der Waals surface area contributed by atoms with Crippen molar-refractivity contribution in [3.8, 4) is 17.1 Å². The number of nitrogens with zero attached hydrogens (tertiary/aromatic N) is 5. The molecule has 1 aliphatic heterocycles. The van der Waals surface area contributed by atoms with Crippen LogP contribution in [0.2, 0.25) is 0 Å². The lowest BCUT2D eigenvalue weighted by Gasteiger charge is -2.28. The van der Waals surface area contributed by atoms with Gasteiger partial charge in [0.25, 0.3) is 0 Å². The standard InChI is InChI=1S/C22H20F2N6/c1-14-12-19(29-10-8-26-9-11-29)27-22-20(14)28-21(17-3-2-15(23)13-18(17)24)30(22)16-4-6-25-7-5-16/h2-7,12-13,26H,8-11H2,1H3. The van der Waals surface area contributed by atoms with E-state index in [0.29, 0.717) is 17.0 Å². The van der Waals surface area contributed by atoms with Gasteiger partial charge < -0.3 is 10.2 Å². The number of pyridine rings is 2. The van der Waals surface area contributed by atoms with Crippen molar-refractivity contribution in [3.05, 3.63) is 66.0 Å². The average Bonchev–Trinajstić information content (AvgIpc) is 3.15. The lowest BCUT2D eigenvalue weighted by atomic mass is 10.2. The van der Waals surface area contributed by atoms with E-state index >= 15 is 0 Å². The Balaban J connectivity index is 1.78. The number of aryl methyl sites for hydroxylation is 1. The molecule has 30 heavy (non-hydrogen) atoms. The van der Waals surface area contributed by atoms with Crippen molar-refractivity contribution in [3.63, 3.8) is 0 Å². The number of aromatic nitrogens is 4. The SMILES string of the molecule is Cc1cc(N2CCNCC2)nc2c1nc(-c1ccc(F)cc1F)n2-c1ccncc1. The molecule has 0 bridgehead atoms.